The summed E-state index contributed by atoms with van der Waals surface area (Å²) in [6.07, 6.45) is 2.26. The van der Waals surface area contributed by atoms with Gasteiger partial charge < -0.3 is 19.9 Å². The number of halogens is 1. The van der Waals surface area contributed by atoms with Gasteiger partial charge in [-0.3, -0.25) is 0 Å². The lowest BCUT2D eigenvalue weighted by atomic mass is 9.72. The van der Waals surface area contributed by atoms with Crippen LogP contribution in [0.2, 0.25) is 0 Å². The highest BCUT2D eigenvalue weighted by molar-refractivity contribution is 5.75. The van der Waals surface area contributed by atoms with Gasteiger partial charge in [0.05, 0.1) is 6.61 Å². The minimum absolute atomic E-state index is 0.0543. The highest BCUT2D eigenvalue weighted by atomic mass is 19.1. The molecule has 2 aromatic carbocycles. The second-order valence-corrected chi connectivity index (χ2v) is 9.72. The van der Waals surface area contributed by atoms with Crippen molar-refractivity contribution in [2.24, 2.45) is 11.3 Å². The number of nitrogens with zero attached hydrogens (tertiary/aromatic N) is 2. The highest BCUT2D eigenvalue weighted by Gasteiger charge is 2.46. The number of carbonyl (C=O) groups is 1. The van der Waals surface area contributed by atoms with Gasteiger partial charge in [0.1, 0.15) is 11.6 Å². The molecule has 2 heterocycles. The van der Waals surface area contributed by atoms with Crippen molar-refractivity contribution in [2.45, 2.75) is 39.8 Å². The number of rotatable bonds is 7. The van der Waals surface area contributed by atoms with E-state index in [1.165, 1.54) is 12.1 Å². The van der Waals surface area contributed by atoms with Crippen LogP contribution in [0.3, 0.4) is 0 Å². The van der Waals surface area contributed by atoms with E-state index in [1.54, 1.807) is 12.1 Å². The van der Waals surface area contributed by atoms with Gasteiger partial charge in [0.15, 0.2) is 0 Å². The number of amides is 2. The summed E-state index contributed by atoms with van der Waals surface area (Å²) in [5, 5.41) is 3.41. The molecule has 0 saturated carbocycles. The van der Waals surface area contributed by atoms with Crippen molar-refractivity contribution in [1.29, 1.82) is 0 Å². The van der Waals surface area contributed by atoms with Crippen molar-refractivity contribution in [3.8, 4) is 5.75 Å². The molecule has 2 aliphatic heterocycles. The Morgan fingerprint density at radius 2 is 1.59 bits per heavy atom. The highest BCUT2D eigenvalue weighted by Crippen LogP contribution is 2.39. The number of nitrogens with one attached hydrogen (secondary N) is 1. The van der Waals surface area contributed by atoms with Crippen LogP contribution in [0.25, 0.3) is 0 Å². The summed E-state index contributed by atoms with van der Waals surface area (Å²) >= 11 is 0. The molecule has 1 N–H and O–H groups in total. The van der Waals surface area contributed by atoms with Crippen molar-refractivity contribution in [2.75, 3.05) is 32.8 Å². The molecule has 0 bridgehead atoms. The van der Waals surface area contributed by atoms with Crippen LogP contribution in [0.4, 0.5) is 9.18 Å². The molecule has 0 aromatic heterocycles. The molecular weight excluding hydrogens is 405 g/mol. The van der Waals surface area contributed by atoms with Crippen molar-refractivity contribution >= 4 is 6.03 Å². The fourth-order valence-corrected chi connectivity index (χ4v) is 4.55. The third-order valence-corrected chi connectivity index (χ3v) is 6.42. The van der Waals surface area contributed by atoms with E-state index in [4.69, 9.17) is 4.74 Å². The molecule has 32 heavy (non-hydrogen) atoms. The van der Waals surface area contributed by atoms with E-state index in [2.05, 4.69) is 19.2 Å². The molecule has 2 saturated heterocycles. The Hall–Kier alpha value is -2.60. The number of likely N-dealkylation sites (tertiary alicyclic amines) is 1. The predicted molar refractivity (Wildman–Crippen MR) is 124 cm³/mol. The Labute approximate surface area is 190 Å². The minimum Gasteiger partial charge on any atom is -0.493 e. The lowest BCUT2D eigenvalue weighted by molar-refractivity contribution is -0.00666. The zero-order chi connectivity index (χ0) is 22.6. The third-order valence-electron chi connectivity index (χ3n) is 6.42. The van der Waals surface area contributed by atoms with Crippen LogP contribution in [0, 0.1) is 17.2 Å². The summed E-state index contributed by atoms with van der Waals surface area (Å²) in [6.45, 7) is 9.61. The van der Waals surface area contributed by atoms with E-state index < -0.39 is 0 Å². The number of benzene rings is 2. The first kappa shape index (κ1) is 22.6. The maximum Gasteiger partial charge on any atom is 0.320 e. The number of piperidine rings is 1. The van der Waals surface area contributed by atoms with E-state index in [-0.39, 0.29) is 17.3 Å². The topological polar surface area (TPSA) is 44.8 Å². The van der Waals surface area contributed by atoms with Crippen LogP contribution in [-0.2, 0) is 13.1 Å². The molecule has 1 spiro atoms. The van der Waals surface area contributed by atoms with Gasteiger partial charge in [-0.15, -0.1) is 0 Å². The molecule has 2 aromatic rings. The third kappa shape index (κ3) is 5.60. The average Bonchev–Trinajstić information content (AvgIpc) is 2.78. The van der Waals surface area contributed by atoms with Gasteiger partial charge in [0.2, 0.25) is 0 Å². The van der Waals surface area contributed by atoms with Crippen LogP contribution < -0.4 is 10.1 Å². The summed E-state index contributed by atoms with van der Waals surface area (Å²) in [5.74, 6) is 1.05. The Kier molecular flexibility index (Phi) is 6.99. The number of hydrogen-bond donors (Lipinski definition) is 1. The molecule has 0 aliphatic carbocycles. The number of urea groups is 1. The van der Waals surface area contributed by atoms with Crippen molar-refractivity contribution in [1.82, 2.24) is 15.1 Å². The van der Waals surface area contributed by atoms with Gasteiger partial charge in [-0.1, -0.05) is 38.1 Å². The van der Waals surface area contributed by atoms with E-state index in [0.29, 0.717) is 25.6 Å². The SMILES string of the molecule is CC(C)COc1ccc(CN(Cc2ccc(F)cc2)C(=O)N2CC3(CCNCC3)C2)cc1. The van der Waals surface area contributed by atoms with Crippen LogP contribution in [0.15, 0.2) is 48.5 Å². The molecule has 172 valence electrons. The van der Waals surface area contributed by atoms with Crippen LogP contribution in [-0.4, -0.2) is 48.6 Å². The summed E-state index contributed by atoms with van der Waals surface area (Å²) in [7, 11) is 0. The first-order valence-electron chi connectivity index (χ1n) is 11.6. The average molecular weight is 440 g/mol. The largest absolute Gasteiger partial charge is 0.493 e. The smallest absolute Gasteiger partial charge is 0.320 e. The first-order valence-corrected chi connectivity index (χ1v) is 11.6. The van der Waals surface area contributed by atoms with Gasteiger partial charge in [-0.25, -0.2) is 9.18 Å². The van der Waals surface area contributed by atoms with Crippen LogP contribution in [0.1, 0.15) is 37.8 Å². The summed E-state index contributed by atoms with van der Waals surface area (Å²) < 4.78 is 19.1. The first-order chi connectivity index (χ1) is 15.4. The fourth-order valence-electron chi connectivity index (χ4n) is 4.55. The molecule has 2 fully saturated rings. The zero-order valence-corrected chi connectivity index (χ0v) is 19.1. The molecule has 2 aliphatic rings. The predicted octanol–water partition coefficient (Wildman–Crippen LogP) is 4.67. The quantitative estimate of drug-likeness (QED) is 0.682. The second kappa shape index (κ2) is 9.90. The lowest BCUT2D eigenvalue weighted by Gasteiger charge is -2.53. The van der Waals surface area contributed by atoms with Gasteiger partial charge in [-0.05, 0) is 67.2 Å². The number of ether oxygens (including phenoxy) is 1. The Morgan fingerprint density at radius 1 is 1.03 bits per heavy atom. The van der Waals surface area contributed by atoms with Crippen molar-refractivity contribution < 1.29 is 13.9 Å². The maximum atomic E-state index is 13.4. The van der Waals surface area contributed by atoms with Gasteiger partial charge >= 0.3 is 6.03 Å². The minimum atomic E-state index is -0.265. The molecule has 2 amide bonds. The lowest BCUT2D eigenvalue weighted by Crippen LogP contribution is -2.63. The standard InChI is InChI=1S/C26H34FN3O2/c1-20(2)17-32-24-9-5-22(6-10-24)16-29(15-21-3-7-23(27)8-4-21)25(31)30-18-26(19-30)11-13-28-14-12-26/h3-10,20,28H,11-19H2,1-2H3. The Balaban J connectivity index is 1.44. The molecular formula is C26H34FN3O2. The maximum absolute atomic E-state index is 13.4. The molecule has 4 rings (SSSR count). The Morgan fingerprint density at radius 3 is 2.16 bits per heavy atom. The van der Waals surface area contributed by atoms with E-state index >= 15 is 0 Å². The molecule has 0 atom stereocenters. The zero-order valence-electron chi connectivity index (χ0n) is 19.1. The monoisotopic (exact) mass is 439 g/mol. The fraction of sp³-hybridized carbons (Fsp3) is 0.500. The number of hydrogen-bond acceptors (Lipinski definition) is 3. The van der Waals surface area contributed by atoms with E-state index in [9.17, 15) is 9.18 Å². The van der Waals surface area contributed by atoms with Crippen LogP contribution in [0.5, 0.6) is 5.75 Å². The summed E-state index contributed by atoms with van der Waals surface area (Å²) in [6, 6.07) is 14.4. The van der Waals surface area contributed by atoms with E-state index in [0.717, 1.165) is 55.9 Å². The summed E-state index contributed by atoms with van der Waals surface area (Å²) in [4.78, 5) is 17.2. The van der Waals surface area contributed by atoms with Crippen LogP contribution >= 0.6 is 0 Å². The molecule has 0 radical (unpaired) electrons. The Bertz CT molecular complexity index is 884. The van der Waals surface area contributed by atoms with Gasteiger partial charge in [0.25, 0.3) is 0 Å². The van der Waals surface area contributed by atoms with Gasteiger partial charge in [0, 0.05) is 31.6 Å². The van der Waals surface area contributed by atoms with E-state index in [1.807, 2.05) is 34.1 Å². The molecule has 0 unspecified atom stereocenters. The van der Waals surface area contributed by atoms with Crippen molar-refractivity contribution in [3.05, 3.63) is 65.5 Å². The van der Waals surface area contributed by atoms with Gasteiger partial charge in [-0.2, -0.15) is 0 Å². The molecule has 5 nitrogen and oxygen atoms in total. The number of carbonyl (C=O) groups excluding carboxylic acids is 1. The molecule has 6 heteroatoms. The summed E-state index contributed by atoms with van der Waals surface area (Å²) in [5.41, 5.74) is 2.26. The second-order valence-electron chi connectivity index (χ2n) is 9.72. The normalized spacial score (nSPS) is 17.3. The van der Waals surface area contributed by atoms with Crippen molar-refractivity contribution in [3.63, 3.8) is 0 Å².